The van der Waals surface area contributed by atoms with E-state index in [0.717, 1.165) is 0 Å². The van der Waals surface area contributed by atoms with Crippen molar-refractivity contribution in [3.8, 4) is 0 Å². The Morgan fingerprint density at radius 3 is 1.67 bits per heavy atom. The zero-order chi connectivity index (χ0) is 14.3. The first-order chi connectivity index (χ1) is 8.25. The Kier molecular flexibility index (Phi) is 8.83. The van der Waals surface area contributed by atoms with Crippen molar-refractivity contribution in [2.75, 3.05) is 39.7 Å². The second-order valence-corrected chi connectivity index (χ2v) is 7.19. The van der Waals surface area contributed by atoms with Crippen molar-refractivity contribution >= 4 is 56.6 Å². The first-order valence-corrected chi connectivity index (χ1v) is 7.86. The summed E-state index contributed by atoms with van der Waals surface area (Å²) in [6, 6.07) is -0.643. The van der Waals surface area contributed by atoms with Crippen LogP contribution < -0.4 is 0 Å². The summed E-state index contributed by atoms with van der Waals surface area (Å²) in [5, 5.41) is 10.9. The smallest absolute Gasteiger partial charge is 0.231 e. The molecular formula is C9H17N3O2S4. The van der Waals surface area contributed by atoms with Crippen LogP contribution >= 0.6 is 48.0 Å². The number of hydrogen-bond donors (Lipinski definition) is 0. The fraction of sp³-hybridized carbons (Fsp3) is 0.778. The minimum atomic E-state index is -0.643. The molecule has 5 nitrogen and oxygen atoms in total. The summed E-state index contributed by atoms with van der Waals surface area (Å²) in [5.41, 5.74) is 0. The monoisotopic (exact) mass is 327 g/mol. The molecule has 0 radical (unpaired) electrons. The maximum absolute atomic E-state index is 10.9. The molecule has 9 heteroatoms. The lowest BCUT2D eigenvalue weighted by Gasteiger charge is -2.16. The minimum absolute atomic E-state index is 0.267. The molecule has 0 aliphatic rings. The Balaban J connectivity index is 4.20. The maximum Gasteiger partial charge on any atom is 0.231 e. The van der Waals surface area contributed by atoms with E-state index in [9.17, 15) is 10.1 Å². The zero-order valence-corrected chi connectivity index (χ0v) is 14.0. The van der Waals surface area contributed by atoms with Crippen LogP contribution in [-0.4, -0.2) is 69.1 Å². The molecule has 0 aromatic heterocycles. The van der Waals surface area contributed by atoms with Gasteiger partial charge in [-0.1, -0.05) is 48.0 Å². The fourth-order valence-electron chi connectivity index (χ4n) is 0.763. The van der Waals surface area contributed by atoms with E-state index in [1.54, 1.807) is 9.80 Å². The molecule has 0 aromatic rings. The first kappa shape index (κ1) is 17.9. The average Bonchev–Trinajstić information content (AvgIpc) is 2.27. The van der Waals surface area contributed by atoms with Gasteiger partial charge in [0.2, 0.25) is 6.04 Å². The molecule has 0 amide bonds. The van der Waals surface area contributed by atoms with Gasteiger partial charge < -0.3 is 9.80 Å². The summed E-state index contributed by atoms with van der Waals surface area (Å²) < 4.78 is 1.31. The molecule has 0 aliphatic heterocycles. The lowest BCUT2D eigenvalue weighted by molar-refractivity contribution is -0.510. The van der Waals surface area contributed by atoms with Gasteiger partial charge in [-0.2, -0.15) is 0 Å². The largest absolute Gasteiger partial charge is 0.364 e. The van der Waals surface area contributed by atoms with Gasteiger partial charge in [0.05, 0.1) is 11.5 Å². The molecule has 0 bridgehead atoms. The number of rotatable bonds is 5. The molecule has 0 saturated heterocycles. The molecule has 0 heterocycles. The van der Waals surface area contributed by atoms with Crippen LogP contribution in [0.25, 0.3) is 0 Å². The SMILES string of the molecule is CN(C)C(=S)SCC(CSC(=S)N(C)C)[N+](=O)[O-]. The van der Waals surface area contributed by atoms with Gasteiger partial charge in [-0.05, 0) is 0 Å². The van der Waals surface area contributed by atoms with Crippen LogP contribution in [0.15, 0.2) is 0 Å². The van der Waals surface area contributed by atoms with Crippen LogP contribution in [0.4, 0.5) is 0 Å². The molecule has 0 rings (SSSR count). The number of thiocarbonyl (C=S) groups is 2. The second-order valence-electron chi connectivity index (χ2n) is 3.88. The van der Waals surface area contributed by atoms with Gasteiger partial charge in [0.25, 0.3) is 0 Å². The summed E-state index contributed by atoms with van der Waals surface area (Å²) >= 11 is 12.8. The number of nitrogens with zero attached hydrogens (tertiary/aromatic N) is 3. The lowest BCUT2D eigenvalue weighted by atomic mass is 10.4. The lowest BCUT2D eigenvalue weighted by Crippen LogP contribution is -2.29. The standard InChI is InChI=1S/C9H17N3O2S4/c1-10(2)8(15)17-5-7(12(13)14)6-18-9(16)11(3)4/h7H,5-6H2,1-4H3. The minimum Gasteiger partial charge on any atom is -0.364 e. The molecule has 0 saturated carbocycles. The molecule has 0 unspecified atom stereocenters. The molecule has 104 valence electrons. The summed E-state index contributed by atoms with van der Waals surface area (Å²) in [7, 11) is 7.30. The number of hydrogen-bond acceptors (Lipinski definition) is 6. The Bertz CT molecular complexity index is 299. The maximum atomic E-state index is 10.9. The van der Waals surface area contributed by atoms with E-state index in [2.05, 4.69) is 0 Å². The molecule has 0 spiro atoms. The van der Waals surface area contributed by atoms with Gasteiger partial charge >= 0.3 is 0 Å². The summed E-state index contributed by atoms with van der Waals surface area (Å²) in [4.78, 5) is 14.2. The summed E-state index contributed by atoms with van der Waals surface area (Å²) in [6.07, 6.45) is 0. The molecule has 0 atom stereocenters. The third-order valence-electron chi connectivity index (χ3n) is 1.83. The predicted molar refractivity (Wildman–Crippen MR) is 88.3 cm³/mol. The van der Waals surface area contributed by atoms with Crippen LogP contribution in [0.5, 0.6) is 0 Å². The Hall–Kier alpha value is -0.120. The van der Waals surface area contributed by atoms with Gasteiger partial charge in [0, 0.05) is 33.1 Å². The second kappa shape index (κ2) is 8.89. The quantitative estimate of drug-likeness (QED) is 0.430. The van der Waals surface area contributed by atoms with Gasteiger partial charge in [-0.15, -0.1) is 0 Å². The highest BCUT2D eigenvalue weighted by molar-refractivity contribution is 8.23. The Morgan fingerprint density at radius 1 is 1.11 bits per heavy atom. The molecular weight excluding hydrogens is 310 g/mol. The van der Waals surface area contributed by atoms with Gasteiger partial charge in [0.1, 0.15) is 8.64 Å². The van der Waals surface area contributed by atoms with E-state index in [0.29, 0.717) is 20.1 Å². The van der Waals surface area contributed by atoms with Gasteiger partial charge in [0.15, 0.2) is 0 Å². The van der Waals surface area contributed by atoms with E-state index in [4.69, 9.17) is 24.4 Å². The van der Waals surface area contributed by atoms with Crippen molar-refractivity contribution in [3.63, 3.8) is 0 Å². The molecule has 18 heavy (non-hydrogen) atoms. The molecule has 0 fully saturated rings. The first-order valence-electron chi connectivity index (χ1n) is 5.07. The third kappa shape index (κ3) is 7.34. The van der Waals surface area contributed by atoms with Crippen molar-refractivity contribution in [3.05, 3.63) is 10.1 Å². The zero-order valence-electron chi connectivity index (χ0n) is 10.8. The van der Waals surface area contributed by atoms with Crippen LogP contribution in [0.2, 0.25) is 0 Å². The molecule has 0 aromatic carbocycles. The third-order valence-corrected chi connectivity index (χ3v) is 5.59. The normalized spacial score (nSPS) is 10.3. The van der Waals surface area contributed by atoms with Crippen LogP contribution in [0.1, 0.15) is 0 Å². The topological polar surface area (TPSA) is 49.6 Å². The summed E-state index contributed by atoms with van der Waals surface area (Å²) in [6.45, 7) is 0. The van der Waals surface area contributed by atoms with Crippen molar-refractivity contribution < 1.29 is 4.92 Å². The Labute approximate surface area is 127 Å². The van der Waals surface area contributed by atoms with Gasteiger partial charge in [-0.25, -0.2) is 0 Å². The van der Waals surface area contributed by atoms with Crippen LogP contribution in [-0.2, 0) is 0 Å². The number of thioether (sulfide) groups is 2. The highest BCUT2D eigenvalue weighted by Crippen LogP contribution is 2.15. The van der Waals surface area contributed by atoms with Crippen LogP contribution in [0.3, 0.4) is 0 Å². The highest BCUT2D eigenvalue weighted by atomic mass is 32.2. The van der Waals surface area contributed by atoms with E-state index < -0.39 is 6.04 Å². The van der Waals surface area contributed by atoms with E-state index in [1.807, 2.05) is 28.2 Å². The fourth-order valence-corrected chi connectivity index (χ4v) is 2.99. The Morgan fingerprint density at radius 2 is 1.44 bits per heavy atom. The average molecular weight is 328 g/mol. The number of nitro groups is 1. The van der Waals surface area contributed by atoms with E-state index in [-0.39, 0.29) is 4.92 Å². The van der Waals surface area contributed by atoms with E-state index in [1.165, 1.54) is 23.5 Å². The van der Waals surface area contributed by atoms with Crippen molar-refractivity contribution in [1.82, 2.24) is 9.80 Å². The predicted octanol–water partition coefficient (Wildman–Crippen LogP) is 1.79. The van der Waals surface area contributed by atoms with Crippen LogP contribution in [0, 0.1) is 10.1 Å². The van der Waals surface area contributed by atoms with Crippen molar-refractivity contribution in [2.45, 2.75) is 6.04 Å². The highest BCUT2D eigenvalue weighted by Gasteiger charge is 2.22. The van der Waals surface area contributed by atoms with E-state index >= 15 is 0 Å². The van der Waals surface area contributed by atoms with Crippen molar-refractivity contribution in [1.29, 1.82) is 0 Å². The van der Waals surface area contributed by atoms with Crippen molar-refractivity contribution in [2.24, 2.45) is 0 Å². The molecule has 0 aliphatic carbocycles. The summed E-state index contributed by atoms with van der Waals surface area (Å²) in [5.74, 6) is 0.736. The van der Waals surface area contributed by atoms with Gasteiger partial charge in [-0.3, -0.25) is 10.1 Å². The molecule has 0 N–H and O–H groups in total.